The van der Waals surface area contributed by atoms with Crippen molar-refractivity contribution in [3.8, 4) is 0 Å². The summed E-state index contributed by atoms with van der Waals surface area (Å²) < 4.78 is 4.95. The maximum atomic E-state index is 11.6. The number of carbonyl (C=O) groups is 1. The molecule has 0 aromatic carbocycles. The van der Waals surface area contributed by atoms with Crippen LogP contribution in [0.25, 0.3) is 0 Å². The molecule has 1 atom stereocenters. The molecular formula is C15H27N3O2. The second-order valence-corrected chi connectivity index (χ2v) is 5.15. The van der Waals surface area contributed by atoms with E-state index in [2.05, 4.69) is 5.32 Å². The van der Waals surface area contributed by atoms with Crippen molar-refractivity contribution in [2.24, 2.45) is 17.4 Å². The van der Waals surface area contributed by atoms with E-state index in [4.69, 9.17) is 16.2 Å². The molecular weight excluding hydrogens is 254 g/mol. The highest BCUT2D eigenvalue weighted by molar-refractivity contribution is 5.72. The fraction of sp³-hybridized carbons (Fsp3) is 0.667. The fourth-order valence-electron chi connectivity index (χ4n) is 2.16. The first-order chi connectivity index (χ1) is 9.67. The largest absolute Gasteiger partial charge is 0.466 e. The van der Waals surface area contributed by atoms with Crippen molar-refractivity contribution >= 4 is 5.97 Å². The molecule has 1 rings (SSSR count). The summed E-state index contributed by atoms with van der Waals surface area (Å²) in [5.41, 5.74) is 12.1. The van der Waals surface area contributed by atoms with Gasteiger partial charge in [-0.3, -0.25) is 4.79 Å². The first kappa shape index (κ1) is 16.6. The fourth-order valence-corrected chi connectivity index (χ4v) is 2.16. The Morgan fingerprint density at radius 1 is 1.50 bits per heavy atom. The van der Waals surface area contributed by atoms with Gasteiger partial charge in [0.15, 0.2) is 0 Å². The Bertz CT molecular complexity index is 349. The van der Waals surface area contributed by atoms with Gasteiger partial charge >= 0.3 is 5.97 Å². The molecule has 0 bridgehead atoms. The minimum absolute atomic E-state index is 0.190. The van der Waals surface area contributed by atoms with Crippen molar-refractivity contribution in [3.05, 3.63) is 24.0 Å². The number of hydrogen-bond acceptors (Lipinski definition) is 5. The van der Waals surface area contributed by atoms with Crippen LogP contribution in [0.5, 0.6) is 0 Å². The molecule has 0 amide bonds. The van der Waals surface area contributed by atoms with E-state index < -0.39 is 0 Å². The molecule has 114 valence electrons. The number of ether oxygens (including phenoxy) is 1. The van der Waals surface area contributed by atoms with Gasteiger partial charge in [0, 0.05) is 12.6 Å². The summed E-state index contributed by atoms with van der Waals surface area (Å²) in [5, 5.41) is 3.25. The van der Waals surface area contributed by atoms with Crippen molar-refractivity contribution in [2.75, 3.05) is 13.2 Å². The lowest BCUT2D eigenvalue weighted by Crippen LogP contribution is -2.25. The Labute approximate surface area is 121 Å². The predicted octanol–water partition coefficient (Wildman–Crippen LogP) is 1.40. The molecule has 0 aromatic heterocycles. The number of esters is 1. The molecule has 1 fully saturated rings. The molecule has 1 unspecified atom stereocenters. The average Bonchev–Trinajstić information content (AvgIpc) is 2.35. The van der Waals surface area contributed by atoms with E-state index in [1.807, 2.05) is 6.20 Å². The van der Waals surface area contributed by atoms with Crippen LogP contribution in [0.4, 0.5) is 0 Å². The number of nitrogens with one attached hydrogen (secondary N) is 1. The zero-order valence-electron chi connectivity index (χ0n) is 12.3. The Balaban J connectivity index is 2.43. The van der Waals surface area contributed by atoms with Crippen LogP contribution in [0.15, 0.2) is 24.0 Å². The molecule has 1 aliphatic rings. The Kier molecular flexibility index (Phi) is 7.80. The maximum absolute atomic E-state index is 11.6. The van der Waals surface area contributed by atoms with Gasteiger partial charge in [0.1, 0.15) is 0 Å². The van der Waals surface area contributed by atoms with Gasteiger partial charge < -0.3 is 21.5 Å². The Hall–Kier alpha value is -1.49. The minimum atomic E-state index is -0.361. The van der Waals surface area contributed by atoms with Crippen LogP contribution in [-0.2, 0) is 9.53 Å². The van der Waals surface area contributed by atoms with Gasteiger partial charge in [-0.15, -0.1) is 0 Å². The SMILES string of the molecule is CCOC(=O)C/C(=C/NCCC1CCC1)C(N)/C=C\N. The lowest BCUT2D eigenvalue weighted by atomic mass is 9.83. The predicted molar refractivity (Wildman–Crippen MR) is 80.6 cm³/mol. The molecule has 0 radical (unpaired) electrons. The number of carbonyl (C=O) groups excluding carboxylic acids is 1. The zero-order valence-corrected chi connectivity index (χ0v) is 12.3. The molecule has 1 aliphatic carbocycles. The summed E-state index contributed by atoms with van der Waals surface area (Å²) in [6, 6.07) is -0.361. The van der Waals surface area contributed by atoms with E-state index in [0.29, 0.717) is 6.61 Å². The number of rotatable bonds is 9. The van der Waals surface area contributed by atoms with Crippen molar-refractivity contribution in [1.82, 2.24) is 5.32 Å². The van der Waals surface area contributed by atoms with E-state index in [9.17, 15) is 4.79 Å². The van der Waals surface area contributed by atoms with E-state index in [1.165, 1.54) is 31.9 Å². The third-order valence-electron chi connectivity index (χ3n) is 3.61. The molecule has 5 nitrogen and oxygen atoms in total. The van der Waals surface area contributed by atoms with Crippen LogP contribution in [0.3, 0.4) is 0 Å². The summed E-state index contributed by atoms with van der Waals surface area (Å²) in [7, 11) is 0. The Morgan fingerprint density at radius 3 is 2.80 bits per heavy atom. The van der Waals surface area contributed by atoms with Crippen molar-refractivity contribution in [3.63, 3.8) is 0 Å². The number of nitrogens with two attached hydrogens (primary N) is 2. The van der Waals surface area contributed by atoms with Gasteiger partial charge in [-0.2, -0.15) is 0 Å². The molecule has 5 N–H and O–H groups in total. The van der Waals surface area contributed by atoms with E-state index in [1.54, 1.807) is 13.0 Å². The summed E-state index contributed by atoms with van der Waals surface area (Å²) in [5.74, 6) is 0.599. The molecule has 0 aromatic rings. The van der Waals surface area contributed by atoms with Gasteiger partial charge in [0.2, 0.25) is 0 Å². The summed E-state index contributed by atoms with van der Waals surface area (Å²) >= 11 is 0. The van der Waals surface area contributed by atoms with Gasteiger partial charge in [-0.1, -0.05) is 19.3 Å². The molecule has 0 spiro atoms. The Morgan fingerprint density at radius 2 is 2.25 bits per heavy atom. The van der Waals surface area contributed by atoms with Crippen molar-refractivity contribution in [1.29, 1.82) is 0 Å². The molecule has 20 heavy (non-hydrogen) atoms. The van der Waals surface area contributed by atoms with Gasteiger partial charge in [-0.25, -0.2) is 0 Å². The van der Waals surface area contributed by atoms with Crippen LogP contribution >= 0.6 is 0 Å². The van der Waals surface area contributed by atoms with Crippen LogP contribution in [0, 0.1) is 5.92 Å². The third-order valence-corrected chi connectivity index (χ3v) is 3.61. The van der Waals surface area contributed by atoms with Gasteiger partial charge in [0.25, 0.3) is 0 Å². The monoisotopic (exact) mass is 281 g/mol. The molecule has 0 aliphatic heterocycles. The smallest absolute Gasteiger partial charge is 0.310 e. The van der Waals surface area contributed by atoms with Crippen LogP contribution < -0.4 is 16.8 Å². The second kappa shape index (κ2) is 9.42. The average molecular weight is 281 g/mol. The normalized spacial score (nSPS) is 17.8. The summed E-state index contributed by atoms with van der Waals surface area (Å²) in [6.45, 7) is 3.08. The molecule has 1 saturated carbocycles. The standard InChI is InChI=1S/C15H27N3O2/c1-2-20-15(19)10-13(14(17)6-8-16)11-18-9-7-12-4-3-5-12/h6,8,11-12,14,18H,2-5,7,9-10,16-17H2,1H3/b8-6-,13-11-. The second-order valence-electron chi connectivity index (χ2n) is 5.15. The summed E-state index contributed by atoms with van der Waals surface area (Å²) in [6.07, 6.45) is 10.3. The van der Waals surface area contributed by atoms with Crippen LogP contribution in [-0.4, -0.2) is 25.2 Å². The zero-order chi connectivity index (χ0) is 14.8. The first-order valence-corrected chi connectivity index (χ1v) is 7.39. The molecule has 5 heteroatoms. The molecule has 0 saturated heterocycles. The maximum Gasteiger partial charge on any atom is 0.310 e. The first-order valence-electron chi connectivity index (χ1n) is 7.39. The number of hydrogen-bond donors (Lipinski definition) is 3. The van der Waals surface area contributed by atoms with Crippen LogP contribution in [0.2, 0.25) is 0 Å². The highest BCUT2D eigenvalue weighted by Gasteiger charge is 2.16. The highest BCUT2D eigenvalue weighted by atomic mass is 16.5. The van der Waals surface area contributed by atoms with Gasteiger partial charge in [-0.05, 0) is 43.3 Å². The third kappa shape index (κ3) is 6.10. The van der Waals surface area contributed by atoms with E-state index in [0.717, 1.165) is 18.0 Å². The minimum Gasteiger partial charge on any atom is -0.466 e. The highest BCUT2D eigenvalue weighted by Crippen LogP contribution is 2.28. The van der Waals surface area contributed by atoms with Gasteiger partial charge in [0.05, 0.1) is 13.0 Å². The lowest BCUT2D eigenvalue weighted by Gasteiger charge is -2.25. The van der Waals surface area contributed by atoms with Crippen molar-refractivity contribution in [2.45, 2.75) is 45.1 Å². The van der Waals surface area contributed by atoms with Crippen LogP contribution in [0.1, 0.15) is 39.0 Å². The topological polar surface area (TPSA) is 90.4 Å². The van der Waals surface area contributed by atoms with E-state index >= 15 is 0 Å². The summed E-state index contributed by atoms with van der Waals surface area (Å²) in [4.78, 5) is 11.6. The van der Waals surface area contributed by atoms with Crippen molar-refractivity contribution < 1.29 is 9.53 Å². The quantitative estimate of drug-likeness (QED) is 0.439. The molecule has 0 heterocycles. The lowest BCUT2D eigenvalue weighted by molar-refractivity contribution is -0.142. The van der Waals surface area contributed by atoms with E-state index in [-0.39, 0.29) is 18.4 Å².